The van der Waals surface area contributed by atoms with E-state index >= 15 is 0 Å². The van der Waals surface area contributed by atoms with Crippen molar-refractivity contribution in [3.8, 4) is 0 Å². The van der Waals surface area contributed by atoms with Crippen LogP contribution < -0.4 is 20.5 Å². The molecule has 0 radical (unpaired) electrons. The highest BCUT2D eigenvalue weighted by Crippen LogP contribution is 2.49. The van der Waals surface area contributed by atoms with E-state index in [2.05, 4.69) is 9.88 Å². The minimum absolute atomic E-state index is 0.00952. The van der Waals surface area contributed by atoms with Gasteiger partial charge in [-0.3, -0.25) is 9.59 Å². The smallest absolute Gasteiger partial charge is 0.252 e. The van der Waals surface area contributed by atoms with Crippen molar-refractivity contribution in [3.63, 3.8) is 0 Å². The number of hydrogen-bond donors (Lipinski definition) is 1. The van der Waals surface area contributed by atoms with Crippen LogP contribution in [0.4, 0.5) is 11.5 Å². The van der Waals surface area contributed by atoms with Gasteiger partial charge >= 0.3 is 0 Å². The number of carbonyl (C=O) groups is 2. The lowest BCUT2D eigenvalue weighted by Gasteiger charge is -2.34. The normalized spacial score (nSPS) is 21.7. The number of hydrogen-bond acceptors (Lipinski definition) is 6. The van der Waals surface area contributed by atoms with Crippen molar-refractivity contribution in [2.24, 2.45) is 11.8 Å². The number of amides is 2. The van der Waals surface area contributed by atoms with Crippen molar-refractivity contribution in [2.75, 3.05) is 36.1 Å². The van der Waals surface area contributed by atoms with Gasteiger partial charge in [0.1, 0.15) is 5.82 Å². The van der Waals surface area contributed by atoms with Gasteiger partial charge in [0.05, 0.1) is 23.2 Å². The fraction of sp³-hybridized carbons (Fsp3) is 0.500. The van der Waals surface area contributed by atoms with Crippen molar-refractivity contribution < 1.29 is 14.3 Å². The van der Waals surface area contributed by atoms with Crippen LogP contribution in [0.3, 0.4) is 0 Å². The first kappa shape index (κ1) is 21.6. The molecule has 9 heteroatoms. The number of nitrogens with zero attached hydrogens (tertiary/aromatic N) is 5. The lowest BCUT2D eigenvalue weighted by atomic mass is 9.96. The van der Waals surface area contributed by atoms with Crippen LogP contribution in [-0.2, 0) is 15.0 Å². The maximum atomic E-state index is 13.2. The van der Waals surface area contributed by atoms with Crippen LogP contribution in [-0.4, -0.2) is 47.9 Å². The molecule has 9 nitrogen and oxygen atoms in total. The fourth-order valence-corrected chi connectivity index (χ4v) is 5.13. The Bertz CT molecular complexity index is 1030. The summed E-state index contributed by atoms with van der Waals surface area (Å²) < 4.78 is 0.709. The topological polar surface area (TPSA) is 110 Å². The zero-order valence-electron chi connectivity index (χ0n) is 18.7. The van der Waals surface area contributed by atoms with Gasteiger partial charge in [0, 0.05) is 37.8 Å². The summed E-state index contributed by atoms with van der Waals surface area (Å²) in [7, 11) is 0. The molecule has 174 valence electrons. The third-order valence-electron chi connectivity index (χ3n) is 7.23. The van der Waals surface area contributed by atoms with Gasteiger partial charge in [-0.25, -0.2) is 15.8 Å². The second-order valence-electron chi connectivity index (χ2n) is 9.40. The quantitative estimate of drug-likeness (QED) is 0.243. The number of pyridine rings is 2. The molecule has 1 aliphatic carbocycles. The van der Waals surface area contributed by atoms with Gasteiger partial charge in [-0.1, -0.05) is 0 Å². The average molecular weight is 451 g/mol. The summed E-state index contributed by atoms with van der Waals surface area (Å²) in [4.78, 5) is 34.7. The maximum Gasteiger partial charge on any atom is 0.252 e. The van der Waals surface area contributed by atoms with E-state index in [4.69, 9.17) is 5.84 Å². The number of hydrazine groups is 1. The Hall–Kier alpha value is -3.20. The lowest BCUT2D eigenvalue weighted by Crippen LogP contribution is -2.45. The highest BCUT2D eigenvalue weighted by molar-refractivity contribution is 6.02. The van der Waals surface area contributed by atoms with Crippen LogP contribution in [0.25, 0.3) is 0 Å². The van der Waals surface area contributed by atoms with E-state index in [9.17, 15) is 14.8 Å². The maximum absolute atomic E-state index is 13.2. The second kappa shape index (κ2) is 8.62. The van der Waals surface area contributed by atoms with Gasteiger partial charge in [-0.2, -0.15) is 4.73 Å². The number of nitrogens with two attached hydrogens (primary N) is 1. The molecule has 2 saturated heterocycles. The van der Waals surface area contributed by atoms with E-state index in [1.165, 1.54) is 12.4 Å². The Kier molecular flexibility index (Phi) is 5.65. The third kappa shape index (κ3) is 4.13. The minimum atomic E-state index is -0.739. The van der Waals surface area contributed by atoms with Crippen molar-refractivity contribution in [3.05, 3.63) is 53.6 Å². The first-order valence-corrected chi connectivity index (χ1v) is 11.8. The summed E-state index contributed by atoms with van der Waals surface area (Å²) in [5.74, 6) is 7.02. The second-order valence-corrected chi connectivity index (χ2v) is 9.40. The van der Waals surface area contributed by atoms with E-state index in [1.807, 2.05) is 11.0 Å². The molecule has 1 atom stereocenters. The lowest BCUT2D eigenvalue weighted by molar-refractivity contribution is -0.606. The molecule has 0 bridgehead atoms. The standard InChI is InChI=1S/C24H30N6O3/c25-30(23(32)24(9-10-24)19-6-4-14-29(33)17-19)20-7-8-21(26-15-20)28-13-3-5-18(16-28)22(31)27-11-1-2-12-27/h4,6-8,14-15,17-18H,1-3,5,9-13,16,25H2. The number of aromatic nitrogens is 2. The van der Waals surface area contributed by atoms with Gasteiger partial charge in [0.2, 0.25) is 5.91 Å². The summed E-state index contributed by atoms with van der Waals surface area (Å²) in [6.45, 7) is 3.27. The molecule has 2 aliphatic heterocycles. The molecule has 3 fully saturated rings. The molecule has 33 heavy (non-hydrogen) atoms. The van der Waals surface area contributed by atoms with E-state index in [0.717, 1.165) is 56.1 Å². The molecule has 1 saturated carbocycles. The van der Waals surface area contributed by atoms with Crippen molar-refractivity contribution in [2.45, 2.75) is 43.9 Å². The molecule has 2 aromatic rings. The zero-order chi connectivity index (χ0) is 23.0. The number of likely N-dealkylation sites (tertiary alicyclic amines) is 1. The summed E-state index contributed by atoms with van der Waals surface area (Å²) in [6, 6.07) is 7.10. The largest absolute Gasteiger partial charge is 0.619 e. The molecule has 1 unspecified atom stereocenters. The summed E-state index contributed by atoms with van der Waals surface area (Å²) in [5, 5.41) is 12.8. The van der Waals surface area contributed by atoms with Crippen molar-refractivity contribution in [1.29, 1.82) is 0 Å². The predicted octanol–water partition coefficient (Wildman–Crippen LogP) is 1.49. The Morgan fingerprint density at radius 1 is 1.15 bits per heavy atom. The first-order valence-electron chi connectivity index (χ1n) is 11.8. The fourth-order valence-electron chi connectivity index (χ4n) is 5.13. The van der Waals surface area contributed by atoms with Crippen LogP contribution in [0.2, 0.25) is 0 Å². The monoisotopic (exact) mass is 450 g/mol. The Morgan fingerprint density at radius 2 is 1.94 bits per heavy atom. The molecule has 0 aromatic carbocycles. The van der Waals surface area contributed by atoms with Crippen molar-refractivity contribution >= 4 is 23.3 Å². The van der Waals surface area contributed by atoms with Gasteiger partial charge in [-0.05, 0) is 56.7 Å². The molecular formula is C24H30N6O3. The minimum Gasteiger partial charge on any atom is -0.619 e. The number of piperidine rings is 1. The molecule has 0 spiro atoms. The Morgan fingerprint density at radius 3 is 2.61 bits per heavy atom. The van der Waals surface area contributed by atoms with Crippen LogP contribution in [0.5, 0.6) is 0 Å². The van der Waals surface area contributed by atoms with E-state index in [-0.39, 0.29) is 17.7 Å². The number of rotatable bonds is 5. The highest BCUT2D eigenvalue weighted by Gasteiger charge is 2.54. The molecule has 4 heterocycles. The van der Waals surface area contributed by atoms with Gasteiger partial charge in [0.25, 0.3) is 5.91 Å². The Labute approximate surface area is 193 Å². The molecule has 2 aromatic heterocycles. The van der Waals surface area contributed by atoms with Crippen LogP contribution in [0.15, 0.2) is 42.9 Å². The first-order chi connectivity index (χ1) is 16.0. The number of anilines is 2. The average Bonchev–Trinajstić information content (AvgIpc) is 3.49. The van der Waals surface area contributed by atoms with E-state index in [1.54, 1.807) is 24.4 Å². The van der Waals surface area contributed by atoms with Crippen LogP contribution >= 0.6 is 0 Å². The van der Waals surface area contributed by atoms with Gasteiger partial charge in [-0.15, -0.1) is 0 Å². The molecule has 5 rings (SSSR count). The Balaban J connectivity index is 1.26. The molecule has 2 N–H and O–H groups in total. The van der Waals surface area contributed by atoms with E-state index in [0.29, 0.717) is 35.4 Å². The predicted molar refractivity (Wildman–Crippen MR) is 123 cm³/mol. The third-order valence-corrected chi connectivity index (χ3v) is 7.23. The molecule has 3 aliphatic rings. The number of carbonyl (C=O) groups excluding carboxylic acids is 2. The van der Waals surface area contributed by atoms with E-state index < -0.39 is 5.41 Å². The molecule has 2 amide bonds. The summed E-state index contributed by atoms with van der Waals surface area (Å²) in [6.07, 6.45) is 9.84. The zero-order valence-corrected chi connectivity index (χ0v) is 18.7. The highest BCUT2D eigenvalue weighted by atomic mass is 16.5. The van der Waals surface area contributed by atoms with Gasteiger partial charge < -0.3 is 15.0 Å². The SMILES string of the molecule is NN(C(=O)C1(c2ccc[n+]([O-])c2)CC1)c1ccc(N2CCCC(C(=O)N3CCCC3)C2)nc1. The van der Waals surface area contributed by atoms with Gasteiger partial charge in [0.15, 0.2) is 12.4 Å². The van der Waals surface area contributed by atoms with Crippen LogP contribution in [0, 0.1) is 11.1 Å². The van der Waals surface area contributed by atoms with Crippen molar-refractivity contribution in [1.82, 2.24) is 9.88 Å². The molecular weight excluding hydrogens is 420 g/mol. The van der Waals surface area contributed by atoms with Crippen LogP contribution in [0.1, 0.15) is 44.1 Å². The summed E-state index contributed by atoms with van der Waals surface area (Å²) >= 11 is 0. The summed E-state index contributed by atoms with van der Waals surface area (Å²) in [5.41, 5.74) is 0.450.